The summed E-state index contributed by atoms with van der Waals surface area (Å²) in [5.74, 6) is 0.888. The minimum absolute atomic E-state index is 0.221. The summed E-state index contributed by atoms with van der Waals surface area (Å²) < 4.78 is 6.17. The van der Waals surface area contributed by atoms with Gasteiger partial charge in [-0.2, -0.15) is 0 Å². The van der Waals surface area contributed by atoms with E-state index < -0.39 is 0 Å². The highest BCUT2D eigenvalue weighted by Gasteiger charge is 2.51. The molecule has 0 atom stereocenters. The van der Waals surface area contributed by atoms with Gasteiger partial charge in [-0.3, -0.25) is 0 Å². The normalized spacial score (nSPS) is 29.5. The van der Waals surface area contributed by atoms with Crippen LogP contribution in [0.4, 0.5) is 5.69 Å². The van der Waals surface area contributed by atoms with E-state index in [9.17, 15) is 0 Å². The van der Waals surface area contributed by atoms with Crippen LogP contribution in [0.25, 0.3) is 4.85 Å². The van der Waals surface area contributed by atoms with Gasteiger partial charge < -0.3 is 10.5 Å². The summed E-state index contributed by atoms with van der Waals surface area (Å²) in [4.78, 5) is 3.67. The number of aryl methyl sites for hydroxylation is 1. The van der Waals surface area contributed by atoms with Crippen molar-refractivity contribution in [3.05, 3.63) is 34.7 Å². The monoisotopic (exact) mass is 254 g/mol. The Hall–Kier alpha value is -1.53. The Morgan fingerprint density at radius 2 is 2.05 bits per heavy atom. The van der Waals surface area contributed by atoms with Crippen molar-refractivity contribution in [2.24, 2.45) is 5.73 Å². The zero-order valence-electron chi connectivity index (χ0n) is 11.0. The highest BCUT2D eigenvalue weighted by Crippen LogP contribution is 2.61. The first-order valence-electron chi connectivity index (χ1n) is 7.18. The Kier molecular flexibility index (Phi) is 2.23. The van der Waals surface area contributed by atoms with Gasteiger partial charge in [0.1, 0.15) is 5.75 Å². The Morgan fingerprint density at radius 3 is 2.68 bits per heavy atom. The first-order chi connectivity index (χ1) is 9.22. The van der Waals surface area contributed by atoms with Gasteiger partial charge in [-0.15, -0.1) is 0 Å². The molecule has 2 saturated carbocycles. The van der Waals surface area contributed by atoms with Crippen molar-refractivity contribution in [2.45, 2.75) is 56.1 Å². The molecular formula is C16H18N2O. The zero-order valence-corrected chi connectivity index (χ0v) is 11.0. The van der Waals surface area contributed by atoms with Gasteiger partial charge in [0.15, 0.2) is 0 Å². The number of hydrogen-bond acceptors (Lipinski definition) is 2. The lowest BCUT2D eigenvalue weighted by molar-refractivity contribution is 0.100. The van der Waals surface area contributed by atoms with Crippen LogP contribution in [0.1, 0.15) is 43.2 Å². The molecule has 4 rings (SSSR count). The lowest BCUT2D eigenvalue weighted by Gasteiger charge is -2.34. The van der Waals surface area contributed by atoms with Gasteiger partial charge in [-0.05, 0) is 55.1 Å². The molecule has 2 N–H and O–H groups in total. The fourth-order valence-electron chi connectivity index (χ4n) is 3.63. The van der Waals surface area contributed by atoms with Crippen LogP contribution in [-0.4, -0.2) is 12.1 Å². The fraction of sp³-hybridized carbons (Fsp3) is 0.562. The summed E-state index contributed by atoms with van der Waals surface area (Å²) in [6, 6.07) is 4.35. The molecule has 0 heterocycles. The summed E-state index contributed by atoms with van der Waals surface area (Å²) in [5.41, 5.74) is 9.65. The molecule has 0 unspecified atom stereocenters. The predicted octanol–water partition coefficient (Wildman–Crippen LogP) is 3.08. The number of rotatable bonds is 2. The highest BCUT2D eigenvalue weighted by atomic mass is 16.5. The third kappa shape index (κ3) is 1.60. The topological polar surface area (TPSA) is 39.6 Å². The van der Waals surface area contributed by atoms with Crippen molar-refractivity contribution in [1.29, 1.82) is 0 Å². The van der Waals surface area contributed by atoms with Crippen LogP contribution in [0.3, 0.4) is 0 Å². The van der Waals surface area contributed by atoms with Crippen molar-refractivity contribution < 1.29 is 4.74 Å². The molecule has 3 heteroatoms. The average Bonchev–Trinajstić information content (AvgIpc) is 3.05. The van der Waals surface area contributed by atoms with E-state index in [4.69, 9.17) is 17.0 Å². The van der Waals surface area contributed by atoms with E-state index in [2.05, 4.69) is 10.9 Å². The quantitative estimate of drug-likeness (QED) is 0.824. The molecule has 0 amide bonds. The minimum atomic E-state index is 0.221. The number of ether oxygens (including phenoxy) is 1. The summed E-state index contributed by atoms with van der Waals surface area (Å²) in [5, 5.41) is 0. The molecular weight excluding hydrogens is 236 g/mol. The molecule has 19 heavy (non-hydrogen) atoms. The molecule has 3 aliphatic rings. The lowest BCUT2D eigenvalue weighted by atomic mass is 9.89. The summed E-state index contributed by atoms with van der Waals surface area (Å²) >= 11 is 0. The van der Waals surface area contributed by atoms with Crippen molar-refractivity contribution in [2.75, 3.05) is 0 Å². The minimum Gasteiger partial charge on any atom is -0.501 e. The van der Waals surface area contributed by atoms with E-state index in [-0.39, 0.29) is 12.1 Å². The van der Waals surface area contributed by atoms with E-state index >= 15 is 0 Å². The van der Waals surface area contributed by atoms with Crippen LogP contribution in [0.5, 0.6) is 5.75 Å². The SMILES string of the molecule is [C-]#[N+]c1ccc2c(c1OC1CC(N)C1)C1(CC2)CC1. The van der Waals surface area contributed by atoms with E-state index in [1.807, 2.05) is 6.07 Å². The molecule has 1 spiro atoms. The average molecular weight is 254 g/mol. The van der Waals surface area contributed by atoms with Gasteiger partial charge in [0, 0.05) is 6.04 Å². The molecule has 1 aromatic carbocycles. The van der Waals surface area contributed by atoms with E-state index in [0.29, 0.717) is 11.1 Å². The van der Waals surface area contributed by atoms with Crippen molar-refractivity contribution >= 4 is 5.69 Å². The smallest absolute Gasteiger partial charge is 0.228 e. The second-order valence-electron chi connectivity index (χ2n) is 6.31. The van der Waals surface area contributed by atoms with Crippen LogP contribution in [0.15, 0.2) is 12.1 Å². The molecule has 2 fully saturated rings. The summed E-state index contributed by atoms with van der Waals surface area (Å²) in [7, 11) is 0. The number of benzene rings is 1. The number of nitrogens with two attached hydrogens (primary N) is 1. The Morgan fingerprint density at radius 1 is 1.26 bits per heavy atom. The molecule has 3 aliphatic carbocycles. The molecule has 0 bridgehead atoms. The second-order valence-corrected chi connectivity index (χ2v) is 6.31. The van der Waals surface area contributed by atoms with Crippen molar-refractivity contribution in [1.82, 2.24) is 0 Å². The maximum absolute atomic E-state index is 7.38. The van der Waals surface area contributed by atoms with E-state index in [1.54, 1.807) is 0 Å². The molecule has 0 aliphatic heterocycles. The van der Waals surface area contributed by atoms with Crippen LogP contribution < -0.4 is 10.5 Å². The number of nitrogens with zero attached hydrogens (tertiary/aromatic N) is 1. The standard InChI is InChI=1S/C16H18N2O/c1-18-13-3-2-10-4-5-16(6-7-16)14(10)15(13)19-12-8-11(17)9-12/h2-3,11-12H,4-9,17H2. The van der Waals surface area contributed by atoms with E-state index in [0.717, 1.165) is 25.0 Å². The molecule has 98 valence electrons. The fourth-order valence-corrected chi connectivity index (χ4v) is 3.63. The molecule has 0 saturated heterocycles. The van der Waals surface area contributed by atoms with Crippen molar-refractivity contribution in [3.63, 3.8) is 0 Å². The maximum Gasteiger partial charge on any atom is 0.228 e. The van der Waals surface area contributed by atoms with Crippen LogP contribution in [-0.2, 0) is 11.8 Å². The van der Waals surface area contributed by atoms with Gasteiger partial charge in [0.25, 0.3) is 0 Å². The first-order valence-corrected chi connectivity index (χ1v) is 7.18. The van der Waals surface area contributed by atoms with Gasteiger partial charge in [0.05, 0.1) is 12.7 Å². The summed E-state index contributed by atoms with van der Waals surface area (Å²) in [6.07, 6.45) is 6.99. The van der Waals surface area contributed by atoms with Gasteiger partial charge in [-0.1, -0.05) is 12.1 Å². The predicted molar refractivity (Wildman–Crippen MR) is 73.6 cm³/mol. The number of hydrogen-bond donors (Lipinski definition) is 1. The lowest BCUT2D eigenvalue weighted by Crippen LogP contribution is -2.43. The zero-order chi connectivity index (χ0) is 13.0. The van der Waals surface area contributed by atoms with Crippen molar-refractivity contribution in [3.8, 4) is 5.75 Å². The molecule has 3 nitrogen and oxygen atoms in total. The summed E-state index contributed by atoms with van der Waals surface area (Å²) in [6.45, 7) is 7.38. The Bertz CT molecular complexity index is 577. The highest BCUT2D eigenvalue weighted by molar-refractivity contribution is 5.67. The molecule has 0 radical (unpaired) electrons. The third-order valence-corrected chi connectivity index (χ3v) is 5.02. The first kappa shape index (κ1) is 11.3. The van der Waals surface area contributed by atoms with Gasteiger partial charge in [0.2, 0.25) is 5.69 Å². The van der Waals surface area contributed by atoms with Crippen LogP contribution in [0.2, 0.25) is 0 Å². The molecule has 0 aromatic heterocycles. The van der Waals surface area contributed by atoms with E-state index in [1.165, 1.54) is 30.4 Å². The van der Waals surface area contributed by atoms with Gasteiger partial charge in [-0.25, -0.2) is 4.85 Å². The Labute approximate surface area is 113 Å². The Balaban J connectivity index is 1.75. The molecule has 1 aromatic rings. The largest absolute Gasteiger partial charge is 0.501 e. The van der Waals surface area contributed by atoms with Crippen LogP contribution >= 0.6 is 0 Å². The second kappa shape index (κ2) is 3.74. The maximum atomic E-state index is 7.38. The van der Waals surface area contributed by atoms with Crippen LogP contribution in [0, 0.1) is 6.57 Å². The third-order valence-electron chi connectivity index (χ3n) is 5.02. The number of fused-ring (bicyclic) bond motifs is 2. The van der Waals surface area contributed by atoms with Gasteiger partial charge >= 0.3 is 0 Å².